The maximum absolute atomic E-state index is 5.20. The van der Waals surface area contributed by atoms with Gasteiger partial charge in [0.1, 0.15) is 5.52 Å². The fourth-order valence-corrected chi connectivity index (χ4v) is 4.52. The summed E-state index contributed by atoms with van der Waals surface area (Å²) in [6, 6.07) is 10.8. The van der Waals surface area contributed by atoms with Crippen molar-refractivity contribution >= 4 is 22.5 Å². The van der Waals surface area contributed by atoms with Crippen molar-refractivity contribution < 1.29 is 4.74 Å². The molecular weight excluding hydrogens is 400 g/mol. The predicted molar refractivity (Wildman–Crippen MR) is 131 cm³/mol. The topological polar surface area (TPSA) is 66.4 Å². The summed E-state index contributed by atoms with van der Waals surface area (Å²) in [5, 5.41) is 3.31. The highest BCUT2D eigenvalue weighted by molar-refractivity contribution is 5.89. The number of nitrogens with one attached hydrogen (secondary N) is 1. The first-order valence-electron chi connectivity index (χ1n) is 11.6. The number of nitrogens with zero attached hydrogens (tertiary/aromatic N) is 5. The molecule has 32 heavy (non-hydrogen) atoms. The Balaban J connectivity index is 1.62. The van der Waals surface area contributed by atoms with Crippen molar-refractivity contribution in [3.8, 4) is 11.3 Å². The lowest BCUT2D eigenvalue weighted by Gasteiger charge is -2.23. The number of benzene rings is 1. The summed E-state index contributed by atoms with van der Waals surface area (Å²) in [5.41, 5.74) is 5.04. The Kier molecular flexibility index (Phi) is 7.50. The Morgan fingerprint density at radius 2 is 2.00 bits per heavy atom. The zero-order valence-corrected chi connectivity index (χ0v) is 19.4. The van der Waals surface area contributed by atoms with Crippen LogP contribution in [0.1, 0.15) is 19.8 Å². The van der Waals surface area contributed by atoms with E-state index in [9.17, 15) is 0 Å². The van der Waals surface area contributed by atoms with Crippen LogP contribution in [0.15, 0.2) is 42.7 Å². The van der Waals surface area contributed by atoms with E-state index >= 15 is 0 Å². The molecule has 1 aromatic carbocycles. The van der Waals surface area contributed by atoms with Crippen LogP contribution >= 0.6 is 0 Å². The van der Waals surface area contributed by atoms with Crippen LogP contribution in [0.2, 0.25) is 0 Å². The van der Waals surface area contributed by atoms with E-state index < -0.39 is 0 Å². The van der Waals surface area contributed by atoms with Crippen molar-refractivity contribution in [1.29, 1.82) is 0 Å². The number of aromatic nitrogens is 3. The van der Waals surface area contributed by atoms with Crippen LogP contribution < -0.4 is 15.1 Å². The Morgan fingerprint density at radius 1 is 1.19 bits per heavy atom. The Labute approximate surface area is 190 Å². The number of pyridine rings is 1. The standard InChI is InChI=1S/C25H34N6O/c1-4-30(13-5-15-32-3)21-8-6-20(7-9-21)22-16-23-24(28-12-11-27-23)25(29-22)31-14-10-19(18-31)17-26-2/h6-9,11-12,16,19,26H,4-5,10,13-15,17-18H2,1-3H3. The van der Waals surface area contributed by atoms with Gasteiger partial charge in [-0.15, -0.1) is 0 Å². The van der Waals surface area contributed by atoms with Crippen LogP contribution in [-0.2, 0) is 4.74 Å². The van der Waals surface area contributed by atoms with E-state index in [1.165, 1.54) is 12.1 Å². The first kappa shape index (κ1) is 22.4. The number of hydrogen-bond acceptors (Lipinski definition) is 7. The van der Waals surface area contributed by atoms with E-state index in [0.717, 1.165) is 73.9 Å². The van der Waals surface area contributed by atoms with E-state index in [0.29, 0.717) is 5.92 Å². The molecule has 1 atom stereocenters. The lowest BCUT2D eigenvalue weighted by molar-refractivity contribution is 0.196. The molecule has 0 saturated carbocycles. The molecule has 0 aliphatic carbocycles. The molecular formula is C25H34N6O. The summed E-state index contributed by atoms with van der Waals surface area (Å²) >= 11 is 0. The molecule has 1 unspecified atom stereocenters. The van der Waals surface area contributed by atoms with Gasteiger partial charge in [0.05, 0.1) is 11.2 Å². The van der Waals surface area contributed by atoms with Crippen LogP contribution in [-0.4, -0.2) is 68.4 Å². The van der Waals surface area contributed by atoms with Gasteiger partial charge in [-0.3, -0.25) is 4.98 Å². The van der Waals surface area contributed by atoms with Gasteiger partial charge in [0.25, 0.3) is 0 Å². The van der Waals surface area contributed by atoms with E-state index in [4.69, 9.17) is 9.72 Å². The highest BCUT2D eigenvalue weighted by Crippen LogP contribution is 2.31. The average molecular weight is 435 g/mol. The summed E-state index contributed by atoms with van der Waals surface area (Å²) in [6.45, 7) is 7.95. The van der Waals surface area contributed by atoms with Gasteiger partial charge in [0, 0.05) is 63.5 Å². The largest absolute Gasteiger partial charge is 0.385 e. The maximum Gasteiger partial charge on any atom is 0.157 e. The number of rotatable bonds is 10. The van der Waals surface area contributed by atoms with Gasteiger partial charge in [-0.05, 0) is 57.5 Å². The summed E-state index contributed by atoms with van der Waals surface area (Å²) in [7, 11) is 3.77. The molecule has 170 valence electrons. The second-order valence-electron chi connectivity index (χ2n) is 8.39. The molecule has 0 amide bonds. The fraction of sp³-hybridized carbons (Fsp3) is 0.480. The van der Waals surface area contributed by atoms with Crippen molar-refractivity contribution in [1.82, 2.24) is 20.3 Å². The molecule has 0 radical (unpaired) electrons. The zero-order chi connectivity index (χ0) is 22.3. The Hall–Kier alpha value is -2.77. The molecule has 7 nitrogen and oxygen atoms in total. The van der Waals surface area contributed by atoms with E-state index in [1.807, 2.05) is 7.05 Å². The van der Waals surface area contributed by atoms with E-state index in [2.05, 4.69) is 62.3 Å². The van der Waals surface area contributed by atoms with Gasteiger partial charge in [0.2, 0.25) is 0 Å². The van der Waals surface area contributed by atoms with Crippen molar-refractivity contribution in [2.45, 2.75) is 19.8 Å². The lowest BCUT2D eigenvalue weighted by Crippen LogP contribution is -2.25. The normalized spacial score (nSPS) is 16.1. The Bertz CT molecular complexity index is 1010. The van der Waals surface area contributed by atoms with Crippen molar-refractivity contribution in [2.75, 3.05) is 63.3 Å². The number of anilines is 2. The molecule has 1 fully saturated rings. The summed E-state index contributed by atoms with van der Waals surface area (Å²) in [6.07, 6.45) is 5.70. The van der Waals surface area contributed by atoms with Gasteiger partial charge in [-0.1, -0.05) is 12.1 Å². The van der Waals surface area contributed by atoms with Gasteiger partial charge in [-0.2, -0.15) is 0 Å². The van der Waals surface area contributed by atoms with Crippen LogP contribution in [0, 0.1) is 5.92 Å². The molecule has 3 aromatic rings. The molecule has 3 heterocycles. The average Bonchev–Trinajstić information content (AvgIpc) is 3.30. The monoisotopic (exact) mass is 434 g/mol. The summed E-state index contributed by atoms with van der Waals surface area (Å²) in [5.74, 6) is 1.58. The first-order chi connectivity index (χ1) is 15.7. The summed E-state index contributed by atoms with van der Waals surface area (Å²) < 4.78 is 5.20. The number of methoxy groups -OCH3 is 1. The molecule has 4 rings (SSSR count). The van der Waals surface area contributed by atoms with Gasteiger partial charge >= 0.3 is 0 Å². The molecule has 0 spiro atoms. The van der Waals surface area contributed by atoms with Crippen molar-refractivity contribution in [2.24, 2.45) is 5.92 Å². The van der Waals surface area contributed by atoms with Crippen LogP contribution in [0.3, 0.4) is 0 Å². The minimum Gasteiger partial charge on any atom is -0.385 e. The van der Waals surface area contributed by atoms with Crippen molar-refractivity contribution in [3.05, 3.63) is 42.7 Å². The summed E-state index contributed by atoms with van der Waals surface area (Å²) in [4.78, 5) is 19.0. The molecule has 2 aromatic heterocycles. The van der Waals surface area contributed by atoms with Crippen molar-refractivity contribution in [3.63, 3.8) is 0 Å². The third-order valence-electron chi connectivity index (χ3n) is 6.20. The van der Waals surface area contributed by atoms with Gasteiger partial charge in [0.15, 0.2) is 5.82 Å². The number of ether oxygens (including phenoxy) is 1. The highest BCUT2D eigenvalue weighted by Gasteiger charge is 2.25. The molecule has 1 N–H and O–H groups in total. The second-order valence-corrected chi connectivity index (χ2v) is 8.39. The van der Waals surface area contributed by atoms with E-state index in [1.54, 1.807) is 19.5 Å². The number of fused-ring (bicyclic) bond motifs is 1. The molecule has 1 aliphatic rings. The number of hydrogen-bond donors (Lipinski definition) is 1. The van der Waals surface area contributed by atoms with Gasteiger partial charge in [-0.25, -0.2) is 9.97 Å². The quantitative estimate of drug-likeness (QED) is 0.489. The third-order valence-corrected chi connectivity index (χ3v) is 6.20. The SMILES string of the molecule is CCN(CCCOC)c1ccc(-c2cc3nccnc3c(N3CCC(CNC)C3)n2)cc1. The fourth-order valence-electron chi connectivity index (χ4n) is 4.52. The highest BCUT2D eigenvalue weighted by atomic mass is 16.5. The van der Waals surface area contributed by atoms with Gasteiger partial charge < -0.3 is 19.9 Å². The zero-order valence-electron chi connectivity index (χ0n) is 19.4. The molecule has 0 bridgehead atoms. The first-order valence-corrected chi connectivity index (χ1v) is 11.6. The predicted octanol–water partition coefficient (Wildman–Crippen LogP) is 3.60. The smallest absolute Gasteiger partial charge is 0.157 e. The lowest BCUT2D eigenvalue weighted by atomic mass is 10.1. The maximum atomic E-state index is 5.20. The van der Waals surface area contributed by atoms with Crippen LogP contribution in [0.5, 0.6) is 0 Å². The van der Waals surface area contributed by atoms with Crippen LogP contribution in [0.4, 0.5) is 11.5 Å². The minimum atomic E-state index is 0.634. The third kappa shape index (κ3) is 5.00. The van der Waals surface area contributed by atoms with E-state index in [-0.39, 0.29) is 0 Å². The Morgan fingerprint density at radius 3 is 2.75 bits per heavy atom. The minimum absolute atomic E-state index is 0.634. The molecule has 7 heteroatoms. The molecule has 1 saturated heterocycles. The second kappa shape index (κ2) is 10.7. The molecule has 1 aliphatic heterocycles. The van der Waals surface area contributed by atoms with Crippen LogP contribution in [0.25, 0.3) is 22.3 Å².